The van der Waals surface area contributed by atoms with Gasteiger partial charge < -0.3 is 9.84 Å². The summed E-state index contributed by atoms with van der Waals surface area (Å²) in [5.74, 6) is 0.540. The Hall–Kier alpha value is -1.39. The molecule has 5 heteroatoms. The van der Waals surface area contributed by atoms with Crippen molar-refractivity contribution < 1.29 is 9.32 Å². The summed E-state index contributed by atoms with van der Waals surface area (Å²) < 4.78 is 4.67. The van der Waals surface area contributed by atoms with E-state index in [1.165, 1.54) is 13.3 Å². The van der Waals surface area contributed by atoms with Crippen molar-refractivity contribution in [3.05, 3.63) is 12.2 Å². The first kappa shape index (κ1) is 8.22. The Labute approximate surface area is 75.5 Å². The third-order valence-corrected chi connectivity index (χ3v) is 2.41. The molecule has 1 fully saturated rings. The molecule has 1 aliphatic rings. The van der Waals surface area contributed by atoms with Gasteiger partial charge in [0.2, 0.25) is 12.3 Å². The minimum Gasteiger partial charge on any atom is -0.343 e. The SMILES string of the molecule is CC(=O)NC1(c2ncon2)CCC1. The van der Waals surface area contributed by atoms with Crippen LogP contribution in [0.15, 0.2) is 10.9 Å². The minimum atomic E-state index is -0.348. The van der Waals surface area contributed by atoms with Gasteiger partial charge in [0.25, 0.3) is 0 Å². The molecule has 0 aliphatic heterocycles. The Morgan fingerprint density at radius 3 is 2.85 bits per heavy atom. The van der Waals surface area contributed by atoms with Gasteiger partial charge in [0.1, 0.15) is 5.54 Å². The second-order valence-electron chi connectivity index (χ2n) is 3.37. The van der Waals surface area contributed by atoms with Crippen molar-refractivity contribution in [2.45, 2.75) is 31.7 Å². The molecule has 1 amide bonds. The number of aromatic nitrogens is 2. The molecule has 2 rings (SSSR count). The van der Waals surface area contributed by atoms with Gasteiger partial charge in [-0.05, 0) is 19.3 Å². The molecule has 0 aromatic carbocycles. The Morgan fingerprint density at radius 2 is 2.46 bits per heavy atom. The highest BCUT2D eigenvalue weighted by molar-refractivity contribution is 5.74. The molecule has 0 atom stereocenters. The van der Waals surface area contributed by atoms with Gasteiger partial charge in [0, 0.05) is 6.92 Å². The van der Waals surface area contributed by atoms with E-state index in [1.807, 2.05) is 0 Å². The first-order chi connectivity index (χ1) is 6.23. The average molecular weight is 181 g/mol. The maximum absolute atomic E-state index is 11.0. The monoisotopic (exact) mass is 181 g/mol. The lowest BCUT2D eigenvalue weighted by atomic mass is 9.76. The summed E-state index contributed by atoms with van der Waals surface area (Å²) in [6, 6.07) is 0. The minimum absolute atomic E-state index is 0.0514. The number of amides is 1. The molecule has 5 nitrogen and oxygen atoms in total. The third-order valence-electron chi connectivity index (χ3n) is 2.41. The molecule has 1 N–H and O–H groups in total. The fourth-order valence-electron chi connectivity index (χ4n) is 1.65. The summed E-state index contributed by atoms with van der Waals surface area (Å²) in [4.78, 5) is 14.9. The lowest BCUT2D eigenvalue weighted by Crippen LogP contribution is -2.50. The lowest BCUT2D eigenvalue weighted by molar-refractivity contribution is -0.122. The largest absolute Gasteiger partial charge is 0.343 e. The van der Waals surface area contributed by atoms with Crippen molar-refractivity contribution in [1.82, 2.24) is 15.5 Å². The Bertz CT molecular complexity index is 303. The molecule has 1 aliphatic carbocycles. The summed E-state index contributed by atoms with van der Waals surface area (Å²) in [5, 5.41) is 6.63. The normalized spacial score (nSPS) is 19.2. The van der Waals surface area contributed by atoms with E-state index < -0.39 is 0 Å². The molecule has 1 heterocycles. The second kappa shape index (κ2) is 2.83. The number of carbonyl (C=O) groups excluding carboxylic acids is 1. The summed E-state index contributed by atoms with van der Waals surface area (Å²) in [7, 11) is 0. The molecule has 0 saturated heterocycles. The van der Waals surface area contributed by atoms with Crippen molar-refractivity contribution in [3.63, 3.8) is 0 Å². The van der Waals surface area contributed by atoms with Crippen molar-refractivity contribution in [3.8, 4) is 0 Å². The highest BCUT2D eigenvalue weighted by Gasteiger charge is 2.43. The molecule has 0 unspecified atom stereocenters. The Kier molecular flexibility index (Phi) is 1.79. The van der Waals surface area contributed by atoms with Crippen LogP contribution in [0.25, 0.3) is 0 Å². The van der Waals surface area contributed by atoms with Crippen LogP contribution in [0.3, 0.4) is 0 Å². The molecule has 1 aromatic rings. The van der Waals surface area contributed by atoms with Crippen LogP contribution < -0.4 is 5.32 Å². The van der Waals surface area contributed by atoms with Crippen LogP contribution >= 0.6 is 0 Å². The highest BCUT2D eigenvalue weighted by atomic mass is 16.5. The smallest absolute Gasteiger partial charge is 0.217 e. The van der Waals surface area contributed by atoms with E-state index >= 15 is 0 Å². The van der Waals surface area contributed by atoms with Crippen molar-refractivity contribution >= 4 is 5.91 Å². The fourth-order valence-corrected chi connectivity index (χ4v) is 1.65. The van der Waals surface area contributed by atoms with E-state index in [9.17, 15) is 4.79 Å². The van der Waals surface area contributed by atoms with E-state index in [2.05, 4.69) is 20.0 Å². The summed E-state index contributed by atoms with van der Waals surface area (Å²) in [6.45, 7) is 1.50. The van der Waals surface area contributed by atoms with Crippen LogP contribution in [0.4, 0.5) is 0 Å². The average Bonchev–Trinajstić information content (AvgIpc) is 2.48. The first-order valence-corrected chi connectivity index (χ1v) is 4.28. The maximum Gasteiger partial charge on any atom is 0.217 e. The maximum atomic E-state index is 11.0. The number of carbonyl (C=O) groups is 1. The van der Waals surface area contributed by atoms with Gasteiger partial charge in [-0.1, -0.05) is 5.16 Å². The molecule has 13 heavy (non-hydrogen) atoms. The zero-order valence-electron chi connectivity index (χ0n) is 7.41. The zero-order chi connectivity index (χ0) is 9.31. The van der Waals surface area contributed by atoms with E-state index in [-0.39, 0.29) is 11.4 Å². The predicted octanol–water partition coefficient (Wildman–Crippen LogP) is 0.585. The molecule has 0 bridgehead atoms. The highest BCUT2D eigenvalue weighted by Crippen LogP contribution is 2.39. The molecule has 70 valence electrons. The van der Waals surface area contributed by atoms with E-state index in [0.717, 1.165) is 19.3 Å². The Morgan fingerprint density at radius 1 is 1.69 bits per heavy atom. The number of nitrogens with zero attached hydrogens (tertiary/aromatic N) is 2. The van der Waals surface area contributed by atoms with Gasteiger partial charge in [-0.15, -0.1) is 0 Å². The third kappa shape index (κ3) is 1.30. The van der Waals surface area contributed by atoms with Gasteiger partial charge in [0.15, 0.2) is 5.82 Å². The van der Waals surface area contributed by atoms with Gasteiger partial charge in [-0.25, -0.2) is 0 Å². The molecule has 0 radical (unpaired) electrons. The van der Waals surface area contributed by atoms with E-state index in [0.29, 0.717) is 5.82 Å². The van der Waals surface area contributed by atoms with Crippen molar-refractivity contribution in [1.29, 1.82) is 0 Å². The van der Waals surface area contributed by atoms with Crippen molar-refractivity contribution in [2.24, 2.45) is 0 Å². The molecule has 1 aromatic heterocycles. The van der Waals surface area contributed by atoms with Gasteiger partial charge >= 0.3 is 0 Å². The van der Waals surface area contributed by atoms with Crippen LogP contribution in [0.5, 0.6) is 0 Å². The number of rotatable bonds is 2. The molecular weight excluding hydrogens is 170 g/mol. The number of nitrogens with one attached hydrogen (secondary N) is 1. The van der Waals surface area contributed by atoms with Crippen LogP contribution in [-0.4, -0.2) is 16.0 Å². The van der Waals surface area contributed by atoms with Gasteiger partial charge in [-0.2, -0.15) is 4.98 Å². The quantitative estimate of drug-likeness (QED) is 0.724. The first-order valence-electron chi connectivity index (χ1n) is 4.28. The van der Waals surface area contributed by atoms with E-state index in [1.54, 1.807) is 0 Å². The second-order valence-corrected chi connectivity index (χ2v) is 3.37. The van der Waals surface area contributed by atoms with Gasteiger partial charge in [-0.3, -0.25) is 4.79 Å². The predicted molar refractivity (Wildman–Crippen MR) is 43.6 cm³/mol. The zero-order valence-corrected chi connectivity index (χ0v) is 7.41. The standard InChI is InChI=1S/C8H11N3O2/c1-6(12)10-8(3-2-4-8)7-9-5-13-11-7/h5H,2-4H2,1H3,(H,10,12). The summed E-state index contributed by atoms with van der Waals surface area (Å²) in [6.07, 6.45) is 4.17. The summed E-state index contributed by atoms with van der Waals surface area (Å²) >= 11 is 0. The van der Waals surface area contributed by atoms with Crippen LogP contribution in [0.2, 0.25) is 0 Å². The van der Waals surface area contributed by atoms with Crippen LogP contribution in [0, 0.1) is 0 Å². The molecule has 0 spiro atoms. The van der Waals surface area contributed by atoms with Crippen molar-refractivity contribution in [2.75, 3.05) is 0 Å². The number of hydrogen-bond acceptors (Lipinski definition) is 4. The lowest BCUT2D eigenvalue weighted by Gasteiger charge is -2.39. The molecular formula is C8H11N3O2. The summed E-state index contributed by atoms with van der Waals surface area (Å²) in [5.41, 5.74) is -0.348. The fraction of sp³-hybridized carbons (Fsp3) is 0.625. The topological polar surface area (TPSA) is 68.0 Å². The Balaban J connectivity index is 2.20. The van der Waals surface area contributed by atoms with E-state index in [4.69, 9.17) is 0 Å². The number of hydrogen-bond donors (Lipinski definition) is 1. The molecule has 1 saturated carbocycles. The van der Waals surface area contributed by atoms with Crippen LogP contribution in [-0.2, 0) is 10.3 Å². The van der Waals surface area contributed by atoms with Crippen LogP contribution in [0.1, 0.15) is 32.0 Å². The van der Waals surface area contributed by atoms with Gasteiger partial charge in [0.05, 0.1) is 0 Å².